The van der Waals surface area contributed by atoms with Gasteiger partial charge in [-0.15, -0.1) is 11.3 Å². The molecule has 1 aromatic rings. The average molecular weight is 268 g/mol. The minimum Gasteiger partial charge on any atom is -0.393 e. The summed E-state index contributed by atoms with van der Waals surface area (Å²) in [6.07, 6.45) is 3.37. The molecule has 0 aliphatic heterocycles. The summed E-state index contributed by atoms with van der Waals surface area (Å²) in [4.78, 5) is 15.7. The lowest BCUT2D eigenvalue weighted by Crippen LogP contribution is -2.36. The maximum atomic E-state index is 12.2. The van der Waals surface area contributed by atoms with Crippen LogP contribution in [0.2, 0.25) is 0 Å². The van der Waals surface area contributed by atoms with E-state index in [1.807, 2.05) is 22.4 Å². The molecule has 0 radical (unpaired) electrons. The van der Waals surface area contributed by atoms with Gasteiger partial charge in [0, 0.05) is 23.9 Å². The van der Waals surface area contributed by atoms with Crippen LogP contribution in [0.25, 0.3) is 0 Å². The third-order valence-electron chi connectivity index (χ3n) is 2.81. The first-order valence-electron chi connectivity index (χ1n) is 5.77. The molecule has 5 heteroatoms. The number of hydrogen-bond donors (Lipinski definition) is 1. The lowest BCUT2D eigenvalue weighted by molar-refractivity contribution is -0.130. The summed E-state index contributed by atoms with van der Waals surface area (Å²) in [5, 5.41) is 2.00. The number of nitrogens with two attached hydrogens (primary N) is 1. The molecule has 0 bridgehead atoms. The maximum Gasteiger partial charge on any atom is 0.228 e. The first kappa shape index (κ1) is 12.5. The lowest BCUT2D eigenvalue weighted by atomic mass is 10.2. The second-order valence-corrected chi connectivity index (χ2v) is 5.85. The maximum absolute atomic E-state index is 12.2. The van der Waals surface area contributed by atoms with Crippen molar-refractivity contribution in [2.24, 2.45) is 5.73 Å². The first-order chi connectivity index (χ1) is 8.16. The largest absolute Gasteiger partial charge is 0.393 e. The molecule has 1 fully saturated rings. The quantitative estimate of drug-likeness (QED) is 0.802. The molecule has 1 aliphatic carbocycles. The Kier molecular flexibility index (Phi) is 4.12. The Hall–Kier alpha value is -0.940. The highest BCUT2D eigenvalue weighted by Gasteiger charge is 2.32. The van der Waals surface area contributed by atoms with E-state index in [1.54, 1.807) is 11.3 Å². The summed E-state index contributed by atoms with van der Waals surface area (Å²) in [5.41, 5.74) is 5.49. The van der Waals surface area contributed by atoms with Crippen molar-refractivity contribution in [2.45, 2.75) is 31.7 Å². The number of carbonyl (C=O) groups is 1. The van der Waals surface area contributed by atoms with Crippen LogP contribution in [0.3, 0.4) is 0 Å². The van der Waals surface area contributed by atoms with Crippen LogP contribution in [-0.2, 0) is 11.2 Å². The highest BCUT2D eigenvalue weighted by Crippen LogP contribution is 2.27. The summed E-state index contributed by atoms with van der Waals surface area (Å²) in [6.45, 7) is 0.671. The fourth-order valence-electron chi connectivity index (χ4n) is 1.79. The van der Waals surface area contributed by atoms with Gasteiger partial charge in [0.2, 0.25) is 5.91 Å². The molecule has 2 rings (SSSR count). The van der Waals surface area contributed by atoms with Gasteiger partial charge in [-0.1, -0.05) is 18.3 Å². The smallest absolute Gasteiger partial charge is 0.228 e. The second-order valence-electron chi connectivity index (χ2n) is 4.29. The van der Waals surface area contributed by atoms with Gasteiger partial charge < -0.3 is 10.6 Å². The van der Waals surface area contributed by atoms with Crippen LogP contribution in [0.4, 0.5) is 0 Å². The van der Waals surface area contributed by atoms with Crippen molar-refractivity contribution in [2.75, 3.05) is 6.54 Å². The van der Waals surface area contributed by atoms with Crippen LogP contribution >= 0.6 is 23.6 Å². The molecule has 0 saturated heterocycles. The monoisotopic (exact) mass is 268 g/mol. The van der Waals surface area contributed by atoms with Gasteiger partial charge in [-0.3, -0.25) is 4.79 Å². The molecule has 0 unspecified atom stereocenters. The fraction of sp³-hybridized carbons (Fsp3) is 0.500. The van der Waals surface area contributed by atoms with Gasteiger partial charge in [-0.05, 0) is 24.3 Å². The zero-order valence-corrected chi connectivity index (χ0v) is 11.2. The summed E-state index contributed by atoms with van der Waals surface area (Å²) in [6, 6.07) is 4.40. The molecular formula is C12H16N2OS2. The molecule has 2 N–H and O–H groups in total. The summed E-state index contributed by atoms with van der Waals surface area (Å²) < 4.78 is 0. The molecule has 1 saturated carbocycles. The van der Waals surface area contributed by atoms with Crippen molar-refractivity contribution < 1.29 is 4.79 Å². The summed E-state index contributed by atoms with van der Waals surface area (Å²) in [7, 11) is 0. The molecule has 92 valence electrons. The van der Waals surface area contributed by atoms with Crippen LogP contribution in [0.5, 0.6) is 0 Å². The van der Waals surface area contributed by atoms with E-state index in [9.17, 15) is 4.79 Å². The molecule has 0 spiro atoms. The van der Waals surface area contributed by atoms with Gasteiger partial charge in [0.05, 0.1) is 11.4 Å². The normalized spacial score (nSPS) is 14.6. The minimum atomic E-state index is 0.200. The fourth-order valence-corrected chi connectivity index (χ4v) is 2.58. The van der Waals surface area contributed by atoms with Crippen molar-refractivity contribution in [1.82, 2.24) is 4.90 Å². The summed E-state index contributed by atoms with van der Waals surface area (Å²) >= 11 is 6.49. The van der Waals surface area contributed by atoms with Gasteiger partial charge in [0.15, 0.2) is 0 Å². The van der Waals surface area contributed by atoms with E-state index in [-0.39, 0.29) is 5.91 Å². The Labute approximate surface area is 111 Å². The number of nitrogens with zero attached hydrogens (tertiary/aromatic N) is 1. The average Bonchev–Trinajstić information content (AvgIpc) is 2.97. The molecule has 1 heterocycles. The van der Waals surface area contributed by atoms with E-state index in [0.29, 0.717) is 30.4 Å². The molecule has 1 amide bonds. The lowest BCUT2D eigenvalue weighted by Gasteiger charge is -2.21. The zero-order chi connectivity index (χ0) is 12.3. The Morgan fingerprint density at radius 3 is 2.88 bits per heavy atom. The number of thiophene rings is 1. The number of rotatable bonds is 6. The van der Waals surface area contributed by atoms with Crippen molar-refractivity contribution in [1.29, 1.82) is 0 Å². The molecule has 3 nitrogen and oxygen atoms in total. The van der Waals surface area contributed by atoms with Crippen molar-refractivity contribution in [3.8, 4) is 0 Å². The third-order valence-corrected chi connectivity index (χ3v) is 3.89. The van der Waals surface area contributed by atoms with Crippen LogP contribution in [0, 0.1) is 0 Å². The Morgan fingerprint density at radius 1 is 1.59 bits per heavy atom. The third kappa shape index (κ3) is 3.78. The van der Waals surface area contributed by atoms with E-state index in [0.717, 1.165) is 17.7 Å². The van der Waals surface area contributed by atoms with Crippen molar-refractivity contribution in [3.05, 3.63) is 22.4 Å². The molecular weight excluding hydrogens is 252 g/mol. The minimum absolute atomic E-state index is 0.200. The Bertz CT molecular complexity index is 399. The first-order valence-corrected chi connectivity index (χ1v) is 7.06. The highest BCUT2D eigenvalue weighted by atomic mass is 32.1. The highest BCUT2D eigenvalue weighted by molar-refractivity contribution is 7.80. The van der Waals surface area contributed by atoms with Crippen LogP contribution < -0.4 is 5.73 Å². The predicted octanol–water partition coefficient (Wildman–Crippen LogP) is 1.96. The van der Waals surface area contributed by atoms with E-state index in [4.69, 9.17) is 18.0 Å². The number of carbonyl (C=O) groups excluding carboxylic acids is 1. The van der Waals surface area contributed by atoms with Crippen LogP contribution in [0.15, 0.2) is 17.5 Å². The van der Waals surface area contributed by atoms with E-state index in [1.165, 1.54) is 0 Å². The van der Waals surface area contributed by atoms with E-state index >= 15 is 0 Å². The van der Waals surface area contributed by atoms with Gasteiger partial charge in [0.1, 0.15) is 0 Å². The molecule has 1 aromatic heterocycles. The Morgan fingerprint density at radius 2 is 2.35 bits per heavy atom. The van der Waals surface area contributed by atoms with Crippen molar-refractivity contribution in [3.63, 3.8) is 0 Å². The zero-order valence-electron chi connectivity index (χ0n) is 9.59. The number of hydrogen-bond acceptors (Lipinski definition) is 3. The van der Waals surface area contributed by atoms with Crippen LogP contribution in [-0.4, -0.2) is 28.4 Å². The topological polar surface area (TPSA) is 46.3 Å². The van der Waals surface area contributed by atoms with Gasteiger partial charge >= 0.3 is 0 Å². The van der Waals surface area contributed by atoms with Gasteiger partial charge in [0.25, 0.3) is 0 Å². The number of amides is 1. The molecule has 0 aromatic carbocycles. The van der Waals surface area contributed by atoms with Gasteiger partial charge in [-0.2, -0.15) is 0 Å². The Balaban J connectivity index is 1.91. The second kappa shape index (κ2) is 5.60. The molecule has 1 aliphatic rings. The van der Waals surface area contributed by atoms with E-state index in [2.05, 4.69) is 0 Å². The van der Waals surface area contributed by atoms with Crippen LogP contribution in [0.1, 0.15) is 24.1 Å². The molecule has 17 heavy (non-hydrogen) atoms. The molecule has 0 atom stereocenters. The van der Waals surface area contributed by atoms with Crippen molar-refractivity contribution >= 4 is 34.5 Å². The predicted molar refractivity (Wildman–Crippen MR) is 74.2 cm³/mol. The standard InChI is InChI=1S/C12H16N2OS2/c13-11(16)5-6-14(9-3-4-9)12(15)8-10-2-1-7-17-10/h1-2,7,9H,3-6,8H2,(H2,13,16). The number of thiocarbonyl (C=S) groups is 1. The summed E-state index contributed by atoms with van der Waals surface area (Å²) in [5.74, 6) is 0.200. The van der Waals surface area contributed by atoms with Gasteiger partial charge in [-0.25, -0.2) is 0 Å². The van der Waals surface area contributed by atoms with E-state index < -0.39 is 0 Å². The SMILES string of the molecule is NC(=S)CCN(C(=O)Cc1cccs1)C1CC1.